The van der Waals surface area contributed by atoms with E-state index in [-0.39, 0.29) is 11.9 Å². The molecule has 1 saturated heterocycles. The SMILES string of the molecule is Cc1c(Cl)cc(NC(=O)N2CCC(C(=O)O)CC2)cc1Cl. The van der Waals surface area contributed by atoms with Crippen LogP contribution in [0.3, 0.4) is 0 Å². The number of piperidine rings is 1. The van der Waals surface area contributed by atoms with Gasteiger partial charge in [0, 0.05) is 28.8 Å². The number of amides is 2. The van der Waals surface area contributed by atoms with Gasteiger partial charge in [0.15, 0.2) is 0 Å². The number of carbonyl (C=O) groups excluding carboxylic acids is 1. The Bertz CT molecular complexity index is 546. The molecule has 1 heterocycles. The van der Waals surface area contributed by atoms with Gasteiger partial charge in [-0.25, -0.2) is 4.79 Å². The van der Waals surface area contributed by atoms with Crippen LogP contribution < -0.4 is 5.32 Å². The van der Waals surface area contributed by atoms with Crippen LogP contribution in [0.4, 0.5) is 10.5 Å². The van der Waals surface area contributed by atoms with Gasteiger partial charge >= 0.3 is 12.0 Å². The molecule has 1 aliphatic heterocycles. The second-order valence-corrected chi connectivity index (χ2v) is 5.91. The number of nitrogens with one attached hydrogen (secondary N) is 1. The summed E-state index contributed by atoms with van der Waals surface area (Å²) < 4.78 is 0. The first kappa shape index (κ1) is 15.9. The Kier molecular flexibility index (Phi) is 4.96. The molecule has 114 valence electrons. The Labute approximate surface area is 132 Å². The monoisotopic (exact) mass is 330 g/mol. The van der Waals surface area contributed by atoms with Gasteiger partial charge in [0.1, 0.15) is 0 Å². The largest absolute Gasteiger partial charge is 0.481 e. The van der Waals surface area contributed by atoms with Crippen LogP contribution in [0.2, 0.25) is 10.0 Å². The van der Waals surface area contributed by atoms with Gasteiger partial charge in [-0.15, -0.1) is 0 Å². The van der Waals surface area contributed by atoms with Crippen molar-refractivity contribution in [3.05, 3.63) is 27.7 Å². The summed E-state index contributed by atoms with van der Waals surface area (Å²) in [6.45, 7) is 2.65. The van der Waals surface area contributed by atoms with Crippen molar-refractivity contribution in [2.75, 3.05) is 18.4 Å². The highest BCUT2D eigenvalue weighted by Crippen LogP contribution is 2.28. The number of carboxylic acid groups (broad SMARTS) is 1. The molecule has 1 fully saturated rings. The lowest BCUT2D eigenvalue weighted by Crippen LogP contribution is -2.42. The molecule has 0 aromatic heterocycles. The molecule has 21 heavy (non-hydrogen) atoms. The minimum Gasteiger partial charge on any atom is -0.481 e. The first-order chi connectivity index (χ1) is 9.88. The maximum Gasteiger partial charge on any atom is 0.321 e. The van der Waals surface area contributed by atoms with Crippen LogP contribution in [0, 0.1) is 12.8 Å². The van der Waals surface area contributed by atoms with E-state index in [9.17, 15) is 9.59 Å². The van der Waals surface area contributed by atoms with Crippen molar-refractivity contribution in [3.8, 4) is 0 Å². The van der Waals surface area contributed by atoms with E-state index in [0.717, 1.165) is 5.56 Å². The summed E-state index contributed by atoms with van der Waals surface area (Å²) in [7, 11) is 0. The van der Waals surface area contributed by atoms with E-state index >= 15 is 0 Å². The van der Waals surface area contributed by atoms with Crippen LogP contribution in [0.25, 0.3) is 0 Å². The van der Waals surface area contributed by atoms with Crippen molar-refractivity contribution >= 4 is 40.9 Å². The summed E-state index contributed by atoms with van der Waals surface area (Å²) >= 11 is 12.1. The van der Waals surface area contributed by atoms with Gasteiger partial charge in [0.05, 0.1) is 5.92 Å². The molecule has 5 nitrogen and oxygen atoms in total. The van der Waals surface area contributed by atoms with Crippen molar-refractivity contribution in [2.24, 2.45) is 5.92 Å². The molecule has 2 N–H and O–H groups in total. The first-order valence-corrected chi connectivity index (χ1v) is 7.38. The number of likely N-dealkylation sites (tertiary alicyclic amines) is 1. The van der Waals surface area contributed by atoms with Gasteiger partial charge in [-0.1, -0.05) is 23.2 Å². The number of urea groups is 1. The minimum absolute atomic E-state index is 0.269. The minimum atomic E-state index is -0.799. The van der Waals surface area contributed by atoms with E-state index in [0.29, 0.717) is 41.7 Å². The lowest BCUT2D eigenvalue weighted by atomic mass is 9.97. The molecule has 0 unspecified atom stereocenters. The molecular formula is C14H16Cl2N2O3. The fraction of sp³-hybridized carbons (Fsp3) is 0.429. The molecule has 2 amide bonds. The fourth-order valence-electron chi connectivity index (χ4n) is 2.25. The number of hydrogen-bond acceptors (Lipinski definition) is 2. The normalized spacial score (nSPS) is 15.9. The maximum absolute atomic E-state index is 12.1. The Morgan fingerprint density at radius 2 is 1.76 bits per heavy atom. The Balaban J connectivity index is 1.98. The summed E-state index contributed by atoms with van der Waals surface area (Å²) in [6, 6.07) is 3.02. The van der Waals surface area contributed by atoms with Gasteiger partial charge in [-0.3, -0.25) is 4.79 Å². The van der Waals surface area contributed by atoms with Crippen LogP contribution in [-0.4, -0.2) is 35.1 Å². The number of carbonyl (C=O) groups is 2. The van der Waals surface area contributed by atoms with Gasteiger partial charge < -0.3 is 15.3 Å². The van der Waals surface area contributed by atoms with Crippen molar-refractivity contribution in [1.82, 2.24) is 4.90 Å². The average Bonchev–Trinajstić information content (AvgIpc) is 2.44. The number of halogens is 2. The second kappa shape index (κ2) is 6.54. The average molecular weight is 331 g/mol. The molecule has 0 spiro atoms. The quantitative estimate of drug-likeness (QED) is 0.869. The highest BCUT2D eigenvalue weighted by molar-refractivity contribution is 6.36. The Morgan fingerprint density at radius 1 is 1.24 bits per heavy atom. The number of benzene rings is 1. The number of hydrogen-bond donors (Lipinski definition) is 2. The zero-order valence-electron chi connectivity index (χ0n) is 11.5. The summed E-state index contributed by atoms with van der Waals surface area (Å²) in [4.78, 5) is 24.6. The third-order valence-corrected chi connectivity index (χ3v) is 4.45. The van der Waals surface area contributed by atoms with Crippen molar-refractivity contribution < 1.29 is 14.7 Å². The molecule has 1 aromatic rings. The zero-order valence-corrected chi connectivity index (χ0v) is 13.0. The molecule has 0 aliphatic carbocycles. The van der Waals surface area contributed by atoms with Gasteiger partial charge in [-0.2, -0.15) is 0 Å². The van der Waals surface area contributed by atoms with Crippen LogP contribution in [0.15, 0.2) is 12.1 Å². The van der Waals surface area contributed by atoms with E-state index < -0.39 is 5.97 Å². The summed E-state index contributed by atoms with van der Waals surface area (Å²) in [5.74, 6) is -1.16. The lowest BCUT2D eigenvalue weighted by molar-refractivity contribution is -0.143. The number of rotatable bonds is 2. The first-order valence-electron chi connectivity index (χ1n) is 6.63. The maximum atomic E-state index is 12.1. The van der Waals surface area contributed by atoms with E-state index in [1.54, 1.807) is 24.0 Å². The topological polar surface area (TPSA) is 69.6 Å². The molecule has 0 saturated carbocycles. The number of aliphatic carboxylic acids is 1. The van der Waals surface area contributed by atoms with E-state index in [4.69, 9.17) is 28.3 Å². The molecule has 1 aromatic carbocycles. The summed E-state index contributed by atoms with van der Waals surface area (Å²) in [5.41, 5.74) is 1.29. The highest BCUT2D eigenvalue weighted by Gasteiger charge is 2.27. The predicted octanol–water partition coefficient (Wildman–Crippen LogP) is 3.63. The summed E-state index contributed by atoms with van der Waals surface area (Å²) in [6.07, 6.45) is 0.941. The Hall–Kier alpha value is -1.46. The zero-order chi connectivity index (χ0) is 15.6. The Morgan fingerprint density at radius 3 is 2.24 bits per heavy atom. The van der Waals surface area contributed by atoms with Crippen LogP contribution in [-0.2, 0) is 4.79 Å². The highest BCUT2D eigenvalue weighted by atomic mass is 35.5. The molecule has 7 heteroatoms. The molecule has 0 radical (unpaired) electrons. The van der Waals surface area contributed by atoms with Crippen LogP contribution in [0.5, 0.6) is 0 Å². The standard InChI is InChI=1S/C14H16Cl2N2O3/c1-8-11(15)6-10(7-12(8)16)17-14(21)18-4-2-9(3-5-18)13(19)20/h6-7,9H,2-5H2,1H3,(H,17,21)(H,19,20). The lowest BCUT2D eigenvalue weighted by Gasteiger charge is -2.30. The van der Waals surface area contributed by atoms with Crippen LogP contribution >= 0.6 is 23.2 Å². The van der Waals surface area contributed by atoms with Crippen molar-refractivity contribution in [3.63, 3.8) is 0 Å². The summed E-state index contributed by atoms with van der Waals surface area (Å²) in [5, 5.41) is 12.6. The van der Waals surface area contributed by atoms with Crippen LogP contribution in [0.1, 0.15) is 18.4 Å². The predicted molar refractivity (Wildman–Crippen MR) is 82.2 cm³/mol. The van der Waals surface area contributed by atoms with Crippen molar-refractivity contribution in [2.45, 2.75) is 19.8 Å². The van der Waals surface area contributed by atoms with E-state index in [1.807, 2.05) is 0 Å². The van der Waals surface area contributed by atoms with Gasteiger partial charge in [0.25, 0.3) is 0 Å². The molecule has 1 aliphatic rings. The smallest absolute Gasteiger partial charge is 0.321 e. The molecule has 2 rings (SSSR count). The van der Waals surface area contributed by atoms with E-state index in [2.05, 4.69) is 5.32 Å². The molecular weight excluding hydrogens is 315 g/mol. The fourth-order valence-corrected chi connectivity index (χ4v) is 2.74. The third-order valence-electron chi connectivity index (χ3n) is 3.66. The van der Waals surface area contributed by atoms with E-state index in [1.165, 1.54) is 0 Å². The molecule has 0 atom stereocenters. The molecule has 0 bridgehead atoms. The number of carboxylic acids is 1. The van der Waals surface area contributed by atoms with Crippen molar-refractivity contribution in [1.29, 1.82) is 0 Å². The third kappa shape index (κ3) is 3.80. The van der Waals surface area contributed by atoms with Gasteiger partial charge in [-0.05, 0) is 37.5 Å². The number of anilines is 1. The second-order valence-electron chi connectivity index (χ2n) is 5.09. The number of nitrogens with zero attached hydrogens (tertiary/aromatic N) is 1. The van der Waals surface area contributed by atoms with Gasteiger partial charge in [0.2, 0.25) is 0 Å².